The molecule has 1 saturated carbocycles. The summed E-state index contributed by atoms with van der Waals surface area (Å²) in [4.78, 5) is 26.7. The van der Waals surface area contributed by atoms with E-state index in [2.05, 4.69) is 5.32 Å². The Bertz CT molecular complexity index is 351. The summed E-state index contributed by atoms with van der Waals surface area (Å²) in [5.74, 6) is 0.0920. The van der Waals surface area contributed by atoms with Crippen molar-refractivity contribution in [2.75, 3.05) is 20.3 Å². The summed E-state index contributed by atoms with van der Waals surface area (Å²) < 4.78 is 5.06. The van der Waals surface area contributed by atoms with Crippen molar-refractivity contribution in [3.63, 3.8) is 0 Å². The van der Waals surface area contributed by atoms with Crippen molar-refractivity contribution < 1.29 is 14.3 Å². The number of hydrogen-bond acceptors (Lipinski definition) is 3. The van der Waals surface area contributed by atoms with Crippen LogP contribution in [-0.2, 0) is 14.3 Å². The number of hydrogen-bond donors (Lipinski definition) is 1. The molecule has 2 rings (SSSR count). The minimum absolute atomic E-state index is 0.0386. The number of rotatable bonds is 4. The second-order valence-corrected chi connectivity index (χ2v) is 5.62. The monoisotopic (exact) mass is 268 g/mol. The predicted molar refractivity (Wildman–Crippen MR) is 71.6 cm³/mol. The number of piperazine rings is 1. The van der Waals surface area contributed by atoms with Gasteiger partial charge in [-0.15, -0.1) is 0 Å². The van der Waals surface area contributed by atoms with Gasteiger partial charge < -0.3 is 15.0 Å². The van der Waals surface area contributed by atoms with Crippen molar-refractivity contribution in [3.05, 3.63) is 0 Å². The van der Waals surface area contributed by atoms with Gasteiger partial charge in [-0.1, -0.05) is 19.3 Å². The van der Waals surface area contributed by atoms with Crippen molar-refractivity contribution in [2.24, 2.45) is 0 Å². The van der Waals surface area contributed by atoms with Crippen LogP contribution < -0.4 is 5.32 Å². The first-order valence-corrected chi connectivity index (χ1v) is 7.23. The Morgan fingerprint density at radius 2 is 2.00 bits per heavy atom. The highest BCUT2D eigenvalue weighted by atomic mass is 16.5. The van der Waals surface area contributed by atoms with Crippen LogP contribution in [0, 0.1) is 0 Å². The fraction of sp³-hybridized carbons (Fsp3) is 0.857. The Hall–Kier alpha value is -1.10. The Labute approximate surface area is 114 Å². The van der Waals surface area contributed by atoms with Gasteiger partial charge in [0.2, 0.25) is 11.8 Å². The van der Waals surface area contributed by atoms with Gasteiger partial charge in [0, 0.05) is 20.3 Å². The Kier molecular flexibility index (Phi) is 4.45. The molecule has 1 heterocycles. The Morgan fingerprint density at radius 1 is 1.32 bits per heavy atom. The van der Waals surface area contributed by atoms with Gasteiger partial charge >= 0.3 is 0 Å². The lowest BCUT2D eigenvalue weighted by atomic mass is 9.77. The molecule has 1 unspecified atom stereocenters. The highest BCUT2D eigenvalue weighted by molar-refractivity contribution is 5.99. The van der Waals surface area contributed by atoms with Crippen molar-refractivity contribution >= 4 is 11.8 Å². The standard InChI is InChI=1S/C14H24N2O3/c1-11-12(17)16(9-6-10-19-2)14(13(18)15-11)7-4-3-5-8-14/h11H,3-10H2,1-2H3,(H,15,18). The van der Waals surface area contributed by atoms with Gasteiger partial charge in [-0.2, -0.15) is 0 Å². The van der Waals surface area contributed by atoms with E-state index in [-0.39, 0.29) is 11.8 Å². The number of carbonyl (C=O) groups excluding carboxylic acids is 2. The minimum atomic E-state index is -0.588. The molecule has 1 N–H and O–H groups in total. The van der Waals surface area contributed by atoms with E-state index in [0.29, 0.717) is 13.2 Å². The molecule has 5 heteroatoms. The van der Waals surface area contributed by atoms with Crippen LogP contribution in [0.5, 0.6) is 0 Å². The molecule has 5 nitrogen and oxygen atoms in total. The minimum Gasteiger partial charge on any atom is -0.385 e. The number of methoxy groups -OCH3 is 1. The summed E-state index contributed by atoms with van der Waals surface area (Å²) in [7, 11) is 1.66. The first-order chi connectivity index (χ1) is 9.12. The summed E-state index contributed by atoms with van der Waals surface area (Å²) >= 11 is 0. The average molecular weight is 268 g/mol. The van der Waals surface area contributed by atoms with Crippen LogP contribution in [0.3, 0.4) is 0 Å². The topological polar surface area (TPSA) is 58.6 Å². The van der Waals surface area contributed by atoms with E-state index in [1.807, 2.05) is 4.90 Å². The highest BCUT2D eigenvalue weighted by Gasteiger charge is 2.51. The molecule has 19 heavy (non-hydrogen) atoms. The van der Waals surface area contributed by atoms with E-state index in [4.69, 9.17) is 4.74 Å². The number of ether oxygens (including phenoxy) is 1. The van der Waals surface area contributed by atoms with Crippen LogP contribution in [0.1, 0.15) is 45.4 Å². The molecule has 0 aromatic carbocycles. The van der Waals surface area contributed by atoms with E-state index in [1.54, 1.807) is 14.0 Å². The van der Waals surface area contributed by atoms with Gasteiger partial charge in [-0.3, -0.25) is 9.59 Å². The molecule has 0 radical (unpaired) electrons. The number of carbonyl (C=O) groups is 2. The molecule has 0 bridgehead atoms. The first kappa shape index (κ1) is 14.3. The fourth-order valence-corrected chi connectivity index (χ4v) is 3.28. The van der Waals surface area contributed by atoms with Gasteiger partial charge in [-0.05, 0) is 26.2 Å². The zero-order chi connectivity index (χ0) is 13.9. The van der Waals surface area contributed by atoms with Crippen LogP contribution in [-0.4, -0.2) is 48.6 Å². The van der Waals surface area contributed by atoms with Crippen LogP contribution >= 0.6 is 0 Å². The summed E-state index contributed by atoms with van der Waals surface area (Å²) in [6, 6.07) is -0.400. The smallest absolute Gasteiger partial charge is 0.246 e. The fourth-order valence-electron chi connectivity index (χ4n) is 3.28. The molecule has 2 amide bonds. The first-order valence-electron chi connectivity index (χ1n) is 7.23. The number of nitrogens with zero attached hydrogens (tertiary/aromatic N) is 1. The van der Waals surface area contributed by atoms with Crippen molar-refractivity contribution in [2.45, 2.75) is 57.0 Å². The summed E-state index contributed by atoms with van der Waals surface area (Å²) in [5.41, 5.74) is -0.588. The average Bonchev–Trinajstić information content (AvgIpc) is 2.42. The van der Waals surface area contributed by atoms with E-state index in [0.717, 1.165) is 38.5 Å². The maximum Gasteiger partial charge on any atom is 0.246 e. The van der Waals surface area contributed by atoms with Gasteiger partial charge in [0.15, 0.2) is 0 Å². The van der Waals surface area contributed by atoms with Gasteiger partial charge in [0.05, 0.1) is 0 Å². The van der Waals surface area contributed by atoms with E-state index >= 15 is 0 Å². The van der Waals surface area contributed by atoms with Gasteiger partial charge in [0.25, 0.3) is 0 Å². The molecule has 2 aliphatic rings. The lowest BCUT2D eigenvalue weighted by Gasteiger charge is -2.49. The second-order valence-electron chi connectivity index (χ2n) is 5.62. The molecule has 1 aliphatic carbocycles. The van der Waals surface area contributed by atoms with Crippen LogP contribution in [0.4, 0.5) is 0 Å². The van der Waals surface area contributed by atoms with Crippen LogP contribution in [0.25, 0.3) is 0 Å². The zero-order valence-electron chi connectivity index (χ0n) is 11.9. The summed E-state index contributed by atoms with van der Waals surface area (Å²) in [6.45, 7) is 3.00. The molecule has 2 fully saturated rings. The third-order valence-corrected chi connectivity index (χ3v) is 4.33. The quantitative estimate of drug-likeness (QED) is 0.776. The van der Waals surface area contributed by atoms with E-state index < -0.39 is 11.6 Å². The molecule has 0 aromatic heterocycles. The molecule has 108 valence electrons. The number of nitrogens with one attached hydrogen (secondary N) is 1. The SMILES string of the molecule is COCCCN1C(=O)C(C)NC(=O)C12CCCCC2. The van der Waals surface area contributed by atoms with Crippen LogP contribution in [0.2, 0.25) is 0 Å². The molecule has 0 aromatic rings. The van der Waals surface area contributed by atoms with Gasteiger partial charge in [-0.25, -0.2) is 0 Å². The molecular weight excluding hydrogens is 244 g/mol. The highest BCUT2D eigenvalue weighted by Crippen LogP contribution is 2.36. The van der Waals surface area contributed by atoms with Crippen LogP contribution in [0.15, 0.2) is 0 Å². The lowest BCUT2D eigenvalue weighted by Crippen LogP contribution is -2.70. The molecule has 1 atom stereocenters. The third kappa shape index (κ3) is 2.61. The normalized spacial score (nSPS) is 26.6. The largest absolute Gasteiger partial charge is 0.385 e. The molecule has 1 spiro atoms. The lowest BCUT2D eigenvalue weighted by molar-refractivity contribution is -0.159. The molecular formula is C14H24N2O3. The summed E-state index contributed by atoms with van der Waals surface area (Å²) in [5, 5.41) is 2.85. The second kappa shape index (κ2) is 5.90. The Balaban J connectivity index is 2.18. The van der Waals surface area contributed by atoms with E-state index in [1.165, 1.54) is 0 Å². The maximum absolute atomic E-state index is 12.4. The Morgan fingerprint density at radius 3 is 2.63 bits per heavy atom. The predicted octanol–water partition coefficient (Wildman–Crippen LogP) is 1.07. The maximum atomic E-state index is 12.4. The molecule has 1 aliphatic heterocycles. The van der Waals surface area contributed by atoms with E-state index in [9.17, 15) is 9.59 Å². The third-order valence-electron chi connectivity index (χ3n) is 4.33. The van der Waals surface area contributed by atoms with Crippen molar-refractivity contribution in [3.8, 4) is 0 Å². The zero-order valence-corrected chi connectivity index (χ0v) is 11.9. The summed E-state index contributed by atoms with van der Waals surface area (Å²) in [6.07, 6.45) is 5.58. The molecule has 1 saturated heterocycles. The number of amides is 2. The van der Waals surface area contributed by atoms with Crippen molar-refractivity contribution in [1.82, 2.24) is 10.2 Å². The van der Waals surface area contributed by atoms with Gasteiger partial charge in [0.1, 0.15) is 11.6 Å². The van der Waals surface area contributed by atoms with Crippen molar-refractivity contribution in [1.29, 1.82) is 0 Å².